The van der Waals surface area contributed by atoms with Gasteiger partial charge < -0.3 is 0 Å². The average Bonchev–Trinajstić information content (AvgIpc) is 3.02. The van der Waals surface area contributed by atoms with E-state index in [1.807, 2.05) is 6.92 Å². The lowest BCUT2D eigenvalue weighted by Crippen LogP contribution is -2.56. The van der Waals surface area contributed by atoms with E-state index in [2.05, 4.69) is 18.7 Å². The third-order valence-corrected chi connectivity index (χ3v) is 10.9. The van der Waals surface area contributed by atoms with Gasteiger partial charge in [-0.15, -0.1) is 0 Å². The van der Waals surface area contributed by atoms with Crippen molar-refractivity contribution in [2.24, 2.45) is 40.4 Å². The van der Waals surface area contributed by atoms with Crippen LogP contribution in [-0.4, -0.2) is 22.6 Å². The van der Waals surface area contributed by atoms with Crippen LogP contribution in [0.2, 0.25) is 0 Å². The second-order valence-electron chi connectivity index (χ2n) is 9.83. The van der Waals surface area contributed by atoms with E-state index in [0.717, 1.165) is 42.3 Å². The summed E-state index contributed by atoms with van der Waals surface area (Å²) in [6, 6.07) is 0. The van der Waals surface area contributed by atoms with Crippen LogP contribution in [0.5, 0.6) is 0 Å². The van der Waals surface area contributed by atoms with E-state index in [-0.39, 0.29) is 5.41 Å². The molecule has 0 spiro atoms. The maximum atomic E-state index is 12.2. The summed E-state index contributed by atoms with van der Waals surface area (Å²) >= 11 is 2.20. The lowest BCUT2D eigenvalue weighted by Gasteiger charge is -2.59. The summed E-state index contributed by atoms with van der Waals surface area (Å²) in [6.07, 6.45) is 9.19. The fourth-order valence-electron chi connectivity index (χ4n) is 8.23. The van der Waals surface area contributed by atoms with Crippen molar-refractivity contribution in [1.82, 2.24) is 0 Å². The van der Waals surface area contributed by atoms with Crippen LogP contribution in [-0.2, 0) is 9.59 Å². The van der Waals surface area contributed by atoms with Crippen molar-refractivity contribution in [3.63, 3.8) is 0 Å². The highest BCUT2D eigenvalue weighted by atomic mass is 32.2. The van der Waals surface area contributed by atoms with Gasteiger partial charge in [0, 0.05) is 24.0 Å². The number of fused-ring (bicyclic) bond motifs is 3. The van der Waals surface area contributed by atoms with E-state index in [4.69, 9.17) is 0 Å². The first kappa shape index (κ1) is 15.9. The van der Waals surface area contributed by atoms with E-state index in [1.165, 1.54) is 37.9 Å². The van der Waals surface area contributed by atoms with Crippen molar-refractivity contribution in [2.75, 3.05) is 5.75 Å². The van der Waals surface area contributed by atoms with Gasteiger partial charge in [-0.1, -0.05) is 6.92 Å². The predicted octanol–water partition coefficient (Wildman–Crippen LogP) is 4.51. The van der Waals surface area contributed by atoms with Crippen LogP contribution in [0.4, 0.5) is 0 Å². The largest absolute Gasteiger partial charge is 0.300 e. The zero-order valence-electron chi connectivity index (χ0n) is 15.1. The quantitative estimate of drug-likeness (QED) is 0.700. The Labute approximate surface area is 149 Å². The summed E-state index contributed by atoms with van der Waals surface area (Å²) in [5.41, 5.74) is 0.743. The molecule has 0 radical (unpaired) electrons. The van der Waals surface area contributed by atoms with Crippen molar-refractivity contribution in [3.05, 3.63) is 0 Å². The molecule has 1 aliphatic heterocycles. The second kappa shape index (κ2) is 5.11. The summed E-state index contributed by atoms with van der Waals surface area (Å²) in [5.74, 6) is 5.71. The third-order valence-electron chi connectivity index (χ3n) is 9.24. The predicted molar refractivity (Wildman–Crippen MR) is 96.9 cm³/mol. The molecule has 0 N–H and O–H groups in total. The standard InChI is InChI=1S/C21H30O2S/c1-12(22)15-3-4-16-14-10-19-18-9-13(23)5-8-21(18,11-24-19)17(14)6-7-20(15,16)2/h14-19H,3-11H2,1-2H3/t14?,15-,16?,17?,18-,19-,20-,21+/m1/s1. The zero-order chi connectivity index (χ0) is 16.7. The molecule has 0 amide bonds. The Morgan fingerprint density at radius 2 is 1.96 bits per heavy atom. The van der Waals surface area contributed by atoms with Gasteiger partial charge in [-0.25, -0.2) is 0 Å². The van der Waals surface area contributed by atoms with Gasteiger partial charge in [-0.05, 0) is 85.7 Å². The SMILES string of the molecule is CC(=O)[C@H]1CCC2C3C[C@H]4SC[C@@]5(CCC(=O)C[C@H]45)C3CC[C@@]21C. The van der Waals surface area contributed by atoms with Crippen LogP contribution in [0.25, 0.3) is 0 Å². The first-order valence-electron chi connectivity index (χ1n) is 10.1. The Morgan fingerprint density at radius 1 is 1.12 bits per heavy atom. The molecular formula is C21H30O2S. The van der Waals surface area contributed by atoms with Gasteiger partial charge in [0.25, 0.3) is 0 Å². The number of thioether (sulfide) groups is 1. The summed E-state index contributed by atoms with van der Waals surface area (Å²) < 4.78 is 0. The van der Waals surface area contributed by atoms with E-state index in [9.17, 15) is 9.59 Å². The average molecular weight is 347 g/mol. The van der Waals surface area contributed by atoms with Crippen LogP contribution in [0.15, 0.2) is 0 Å². The molecule has 5 rings (SSSR count). The van der Waals surface area contributed by atoms with Crippen molar-refractivity contribution >= 4 is 23.3 Å². The summed E-state index contributed by atoms with van der Waals surface area (Å²) in [7, 11) is 0. The number of hydrogen-bond donors (Lipinski definition) is 0. The minimum Gasteiger partial charge on any atom is -0.300 e. The molecule has 3 unspecified atom stereocenters. The summed E-state index contributed by atoms with van der Waals surface area (Å²) in [5, 5.41) is 0.731. The third kappa shape index (κ3) is 1.86. The van der Waals surface area contributed by atoms with E-state index in [1.54, 1.807) is 0 Å². The van der Waals surface area contributed by atoms with Crippen LogP contribution in [0, 0.1) is 40.4 Å². The number of Topliss-reactive ketones (excluding diaryl/α,β-unsaturated/α-hetero) is 2. The Morgan fingerprint density at radius 3 is 2.75 bits per heavy atom. The van der Waals surface area contributed by atoms with Crippen LogP contribution >= 0.6 is 11.8 Å². The minimum absolute atomic E-state index is 0.269. The first-order valence-corrected chi connectivity index (χ1v) is 11.1. The molecule has 3 heteroatoms. The van der Waals surface area contributed by atoms with Crippen molar-refractivity contribution in [2.45, 2.75) is 70.5 Å². The molecule has 24 heavy (non-hydrogen) atoms. The molecule has 2 nitrogen and oxygen atoms in total. The fourth-order valence-corrected chi connectivity index (χ4v) is 10.3. The number of ketones is 2. The molecule has 1 heterocycles. The molecule has 2 bridgehead atoms. The second-order valence-corrected chi connectivity index (χ2v) is 11.1. The Balaban J connectivity index is 1.50. The van der Waals surface area contributed by atoms with Crippen LogP contribution in [0.3, 0.4) is 0 Å². The van der Waals surface area contributed by atoms with Crippen LogP contribution < -0.4 is 0 Å². The molecule has 0 aromatic carbocycles. The van der Waals surface area contributed by atoms with E-state index >= 15 is 0 Å². The van der Waals surface area contributed by atoms with Crippen molar-refractivity contribution < 1.29 is 9.59 Å². The highest BCUT2D eigenvalue weighted by Gasteiger charge is 2.66. The topological polar surface area (TPSA) is 34.1 Å². The number of rotatable bonds is 1. The Kier molecular flexibility index (Phi) is 3.39. The van der Waals surface area contributed by atoms with Gasteiger partial charge in [0.2, 0.25) is 0 Å². The van der Waals surface area contributed by atoms with Gasteiger partial charge in [-0.2, -0.15) is 11.8 Å². The fraction of sp³-hybridized carbons (Fsp3) is 0.905. The summed E-state index contributed by atoms with van der Waals surface area (Å²) in [6.45, 7) is 4.27. The van der Waals surface area contributed by atoms with E-state index < -0.39 is 0 Å². The monoisotopic (exact) mass is 346 g/mol. The lowest BCUT2D eigenvalue weighted by molar-refractivity contribution is -0.139. The Hall–Kier alpha value is -0.310. The number of carbonyl (C=O) groups excluding carboxylic acids is 2. The maximum Gasteiger partial charge on any atom is 0.133 e. The highest BCUT2D eigenvalue weighted by molar-refractivity contribution is 8.00. The highest BCUT2D eigenvalue weighted by Crippen LogP contribution is 2.71. The van der Waals surface area contributed by atoms with Crippen molar-refractivity contribution in [3.8, 4) is 0 Å². The van der Waals surface area contributed by atoms with Gasteiger partial charge in [0.1, 0.15) is 11.6 Å². The van der Waals surface area contributed by atoms with Gasteiger partial charge in [0.05, 0.1) is 0 Å². The molecule has 132 valence electrons. The maximum absolute atomic E-state index is 12.2. The molecule has 1 saturated heterocycles. The van der Waals surface area contributed by atoms with Crippen molar-refractivity contribution in [1.29, 1.82) is 0 Å². The van der Waals surface area contributed by atoms with Crippen LogP contribution in [0.1, 0.15) is 65.2 Å². The number of carbonyl (C=O) groups is 2. The molecule has 4 saturated carbocycles. The summed E-state index contributed by atoms with van der Waals surface area (Å²) in [4.78, 5) is 24.3. The smallest absolute Gasteiger partial charge is 0.133 e. The lowest BCUT2D eigenvalue weighted by atomic mass is 9.44. The normalized spacial score (nSPS) is 55.7. The minimum atomic E-state index is 0.269. The molecule has 4 aliphatic carbocycles. The van der Waals surface area contributed by atoms with E-state index in [0.29, 0.717) is 28.8 Å². The molecule has 5 fully saturated rings. The number of hydrogen-bond acceptors (Lipinski definition) is 3. The zero-order valence-corrected chi connectivity index (χ0v) is 15.9. The molecular weight excluding hydrogens is 316 g/mol. The molecule has 0 aromatic heterocycles. The van der Waals surface area contributed by atoms with Gasteiger partial charge >= 0.3 is 0 Å². The molecule has 8 atom stereocenters. The molecule has 0 aromatic rings. The van der Waals surface area contributed by atoms with Gasteiger partial charge in [0.15, 0.2) is 0 Å². The molecule has 5 aliphatic rings. The Bertz CT molecular complexity index is 601. The first-order chi connectivity index (χ1) is 11.5. The van der Waals surface area contributed by atoms with Gasteiger partial charge in [-0.3, -0.25) is 9.59 Å².